The molecule has 0 atom stereocenters. The van der Waals surface area contributed by atoms with Gasteiger partial charge < -0.3 is 14.8 Å². The van der Waals surface area contributed by atoms with E-state index < -0.39 is 6.43 Å². The average Bonchev–Trinajstić information content (AvgIpc) is 2.59. The summed E-state index contributed by atoms with van der Waals surface area (Å²) in [6.07, 6.45) is -1.11. The molecular weight excluding hydrogens is 314 g/mol. The number of pyridine rings is 2. The Balaban J connectivity index is 2.06. The Morgan fingerprint density at radius 2 is 1.96 bits per heavy atom. The fourth-order valence-electron chi connectivity index (χ4n) is 2.97. The van der Waals surface area contributed by atoms with Crippen LogP contribution < -0.4 is 15.8 Å². The molecular formula is C17H20F2N4O. The second-order valence-corrected chi connectivity index (χ2v) is 5.97. The second-order valence-electron chi connectivity index (χ2n) is 5.97. The van der Waals surface area contributed by atoms with Crippen LogP contribution in [-0.2, 0) is 7.05 Å². The number of piperazine rings is 1. The van der Waals surface area contributed by atoms with E-state index in [-0.39, 0.29) is 11.3 Å². The minimum Gasteiger partial charge on any atom is -0.354 e. The van der Waals surface area contributed by atoms with Gasteiger partial charge in [0.2, 0.25) is 0 Å². The molecule has 3 rings (SSSR count). The van der Waals surface area contributed by atoms with E-state index in [1.54, 1.807) is 38.4 Å². The first-order valence-corrected chi connectivity index (χ1v) is 7.90. The van der Waals surface area contributed by atoms with E-state index in [9.17, 15) is 13.6 Å². The van der Waals surface area contributed by atoms with E-state index in [1.165, 1.54) is 4.57 Å². The van der Waals surface area contributed by atoms with Gasteiger partial charge in [-0.05, 0) is 25.1 Å². The lowest BCUT2D eigenvalue weighted by atomic mass is 10.0. The van der Waals surface area contributed by atoms with Gasteiger partial charge in [-0.25, -0.2) is 13.8 Å². The molecule has 2 aromatic heterocycles. The van der Waals surface area contributed by atoms with Crippen LogP contribution >= 0.6 is 0 Å². The predicted molar refractivity (Wildman–Crippen MR) is 89.7 cm³/mol. The molecule has 7 heteroatoms. The molecule has 1 fully saturated rings. The molecule has 0 amide bonds. The number of halogens is 2. The molecule has 0 radical (unpaired) electrons. The Morgan fingerprint density at radius 3 is 2.58 bits per heavy atom. The van der Waals surface area contributed by atoms with Gasteiger partial charge in [-0.3, -0.25) is 4.79 Å². The van der Waals surface area contributed by atoms with Gasteiger partial charge in [0.25, 0.3) is 12.0 Å². The third kappa shape index (κ3) is 3.17. The standard InChI is InChI=1S/C17H20F2N4O/c1-11-9-12(10-22(2)17(11)24)13-3-4-14(21-15(13)16(18)19)23-7-5-20-6-8-23/h3-4,9-10,16,20H,5-8H2,1-2H3. The van der Waals surface area contributed by atoms with Crippen LogP contribution in [0.25, 0.3) is 11.1 Å². The summed E-state index contributed by atoms with van der Waals surface area (Å²) < 4.78 is 28.6. The number of alkyl halides is 2. The average molecular weight is 334 g/mol. The third-order valence-electron chi connectivity index (χ3n) is 4.23. The highest BCUT2D eigenvalue weighted by atomic mass is 19.3. The summed E-state index contributed by atoms with van der Waals surface area (Å²) in [5.41, 5.74) is 1.07. The molecule has 0 saturated carbocycles. The number of aryl methyl sites for hydroxylation is 2. The van der Waals surface area contributed by atoms with Crippen molar-refractivity contribution in [3.63, 3.8) is 0 Å². The van der Waals surface area contributed by atoms with Gasteiger partial charge in [-0.1, -0.05) is 0 Å². The van der Waals surface area contributed by atoms with E-state index >= 15 is 0 Å². The minimum atomic E-state index is -2.68. The lowest BCUT2D eigenvalue weighted by Crippen LogP contribution is -2.44. The van der Waals surface area contributed by atoms with E-state index in [1.807, 2.05) is 4.90 Å². The molecule has 1 N–H and O–H groups in total. The predicted octanol–water partition coefficient (Wildman–Crippen LogP) is 2.10. The van der Waals surface area contributed by atoms with Crippen molar-refractivity contribution in [2.45, 2.75) is 13.3 Å². The SMILES string of the molecule is Cc1cc(-c2ccc(N3CCNCC3)nc2C(F)F)cn(C)c1=O. The molecule has 3 heterocycles. The maximum absolute atomic E-state index is 13.6. The van der Waals surface area contributed by atoms with E-state index in [0.717, 1.165) is 26.2 Å². The van der Waals surface area contributed by atoms with Crippen molar-refractivity contribution in [2.75, 3.05) is 31.1 Å². The number of nitrogens with one attached hydrogen (secondary N) is 1. The van der Waals surface area contributed by atoms with Crippen LogP contribution in [0, 0.1) is 6.92 Å². The van der Waals surface area contributed by atoms with Gasteiger partial charge in [0.05, 0.1) is 0 Å². The van der Waals surface area contributed by atoms with Crippen LogP contribution in [0.4, 0.5) is 14.6 Å². The van der Waals surface area contributed by atoms with E-state index in [2.05, 4.69) is 10.3 Å². The molecule has 0 aromatic carbocycles. The topological polar surface area (TPSA) is 50.2 Å². The molecule has 0 bridgehead atoms. The zero-order valence-electron chi connectivity index (χ0n) is 13.7. The van der Waals surface area contributed by atoms with Crippen molar-refractivity contribution in [2.24, 2.45) is 7.05 Å². The summed E-state index contributed by atoms with van der Waals surface area (Å²) in [5, 5.41) is 3.23. The van der Waals surface area contributed by atoms with Crippen molar-refractivity contribution < 1.29 is 8.78 Å². The first-order chi connectivity index (χ1) is 11.5. The van der Waals surface area contributed by atoms with Crippen LogP contribution in [0.15, 0.2) is 29.2 Å². The summed E-state index contributed by atoms with van der Waals surface area (Å²) >= 11 is 0. The molecule has 1 aliphatic rings. The number of anilines is 1. The zero-order chi connectivity index (χ0) is 17.3. The summed E-state index contributed by atoms with van der Waals surface area (Å²) in [6, 6.07) is 5.08. The molecule has 1 saturated heterocycles. The summed E-state index contributed by atoms with van der Waals surface area (Å²) in [4.78, 5) is 18.0. The van der Waals surface area contributed by atoms with Crippen molar-refractivity contribution in [3.05, 3.63) is 46.0 Å². The quantitative estimate of drug-likeness (QED) is 0.934. The number of hydrogen-bond acceptors (Lipinski definition) is 4. The Morgan fingerprint density at radius 1 is 1.25 bits per heavy atom. The van der Waals surface area contributed by atoms with Crippen LogP contribution in [0.3, 0.4) is 0 Å². The molecule has 0 spiro atoms. The number of nitrogens with zero attached hydrogens (tertiary/aromatic N) is 3. The fraction of sp³-hybridized carbons (Fsp3) is 0.412. The summed E-state index contributed by atoms with van der Waals surface area (Å²) in [6.45, 7) is 4.79. The summed E-state index contributed by atoms with van der Waals surface area (Å²) in [5.74, 6) is 0.567. The zero-order valence-corrected chi connectivity index (χ0v) is 13.7. The van der Waals surface area contributed by atoms with Gasteiger partial charge in [0.15, 0.2) is 0 Å². The third-order valence-corrected chi connectivity index (χ3v) is 4.23. The highest BCUT2D eigenvalue weighted by molar-refractivity contribution is 5.67. The molecule has 2 aromatic rings. The smallest absolute Gasteiger partial charge is 0.281 e. The first kappa shape index (κ1) is 16.6. The normalized spacial score (nSPS) is 15.1. The maximum atomic E-state index is 13.6. The summed E-state index contributed by atoms with van der Waals surface area (Å²) in [7, 11) is 1.61. The van der Waals surface area contributed by atoms with Gasteiger partial charge in [-0.2, -0.15) is 0 Å². The minimum absolute atomic E-state index is 0.136. The first-order valence-electron chi connectivity index (χ1n) is 7.90. The number of hydrogen-bond donors (Lipinski definition) is 1. The van der Waals surface area contributed by atoms with Crippen LogP contribution in [0.2, 0.25) is 0 Å². The Kier molecular flexibility index (Phi) is 4.62. The highest BCUT2D eigenvalue weighted by Crippen LogP contribution is 2.31. The monoisotopic (exact) mass is 334 g/mol. The van der Waals surface area contributed by atoms with Crippen molar-refractivity contribution in [1.29, 1.82) is 0 Å². The fourth-order valence-corrected chi connectivity index (χ4v) is 2.97. The second kappa shape index (κ2) is 6.68. The molecule has 24 heavy (non-hydrogen) atoms. The Hall–Kier alpha value is -2.28. The number of rotatable bonds is 3. The van der Waals surface area contributed by atoms with E-state index in [0.29, 0.717) is 22.5 Å². The van der Waals surface area contributed by atoms with E-state index in [4.69, 9.17) is 0 Å². The Bertz CT molecular complexity index is 771. The molecule has 1 aliphatic heterocycles. The molecule has 0 aliphatic carbocycles. The van der Waals surface area contributed by atoms with Crippen LogP contribution in [0.5, 0.6) is 0 Å². The van der Waals surface area contributed by atoms with Gasteiger partial charge in [0.1, 0.15) is 11.5 Å². The van der Waals surface area contributed by atoms with Gasteiger partial charge in [-0.15, -0.1) is 0 Å². The number of aromatic nitrogens is 2. The van der Waals surface area contributed by atoms with Gasteiger partial charge in [0, 0.05) is 56.1 Å². The molecule has 128 valence electrons. The van der Waals surface area contributed by atoms with Gasteiger partial charge >= 0.3 is 0 Å². The van der Waals surface area contributed by atoms with Crippen molar-refractivity contribution in [1.82, 2.24) is 14.9 Å². The molecule has 5 nitrogen and oxygen atoms in total. The molecule has 0 unspecified atom stereocenters. The lowest BCUT2D eigenvalue weighted by Gasteiger charge is -2.29. The van der Waals surface area contributed by atoms with Crippen molar-refractivity contribution >= 4 is 5.82 Å². The maximum Gasteiger partial charge on any atom is 0.281 e. The Labute approximate surface area is 138 Å². The largest absolute Gasteiger partial charge is 0.354 e. The van der Waals surface area contributed by atoms with Crippen molar-refractivity contribution in [3.8, 4) is 11.1 Å². The van der Waals surface area contributed by atoms with Crippen LogP contribution in [-0.4, -0.2) is 35.7 Å². The van der Waals surface area contributed by atoms with Crippen LogP contribution in [0.1, 0.15) is 17.7 Å². The lowest BCUT2D eigenvalue weighted by molar-refractivity contribution is 0.147. The highest BCUT2D eigenvalue weighted by Gasteiger charge is 2.20.